The number of H-pyrrole nitrogens is 1. The van der Waals surface area contributed by atoms with Crippen molar-refractivity contribution in [2.75, 3.05) is 19.7 Å². The maximum absolute atomic E-state index is 12.3. The molecule has 1 aliphatic rings. The molecule has 1 atom stereocenters. The number of nitrogens with zero attached hydrogens (tertiary/aromatic N) is 3. The first-order valence-corrected chi connectivity index (χ1v) is 7.41. The summed E-state index contributed by atoms with van der Waals surface area (Å²) < 4.78 is 5.66. The van der Waals surface area contributed by atoms with E-state index in [1.54, 1.807) is 11.3 Å². The van der Waals surface area contributed by atoms with Gasteiger partial charge in [0.05, 0.1) is 19.6 Å². The molecule has 3 rings (SSSR count). The van der Waals surface area contributed by atoms with Gasteiger partial charge in [0, 0.05) is 11.4 Å². The highest BCUT2D eigenvalue weighted by atomic mass is 32.1. The number of aryl methyl sites for hydroxylation is 1. The van der Waals surface area contributed by atoms with Crippen molar-refractivity contribution < 1.29 is 9.53 Å². The molecule has 3 heterocycles. The number of amides is 1. The molecule has 2 aromatic rings. The van der Waals surface area contributed by atoms with Crippen LogP contribution in [0.15, 0.2) is 17.5 Å². The number of rotatable bonds is 3. The fraction of sp³-hybridized carbons (Fsp3) is 0.462. The molecular formula is C13H16N4O2S. The van der Waals surface area contributed by atoms with Crippen molar-refractivity contribution in [3.05, 3.63) is 34.0 Å². The monoisotopic (exact) mass is 292 g/mol. The van der Waals surface area contributed by atoms with Gasteiger partial charge in [0.2, 0.25) is 5.91 Å². The molecule has 0 unspecified atom stereocenters. The lowest BCUT2D eigenvalue weighted by molar-refractivity contribution is -0.138. The van der Waals surface area contributed by atoms with Crippen LogP contribution in [0.3, 0.4) is 0 Å². The van der Waals surface area contributed by atoms with Crippen LogP contribution in [0, 0.1) is 6.92 Å². The number of thiophene rings is 1. The summed E-state index contributed by atoms with van der Waals surface area (Å²) in [6.45, 7) is 3.51. The van der Waals surface area contributed by atoms with Crippen molar-refractivity contribution >= 4 is 17.2 Å². The van der Waals surface area contributed by atoms with Crippen molar-refractivity contribution in [3.63, 3.8) is 0 Å². The summed E-state index contributed by atoms with van der Waals surface area (Å²) in [4.78, 5) is 19.5. The van der Waals surface area contributed by atoms with Gasteiger partial charge in [0.25, 0.3) is 0 Å². The van der Waals surface area contributed by atoms with Crippen LogP contribution in [-0.4, -0.2) is 45.7 Å². The minimum absolute atomic E-state index is 0.132. The molecule has 0 bridgehead atoms. The Morgan fingerprint density at radius 1 is 1.65 bits per heavy atom. The summed E-state index contributed by atoms with van der Waals surface area (Å²) in [6.07, 6.45) is 0.221. The van der Waals surface area contributed by atoms with Crippen LogP contribution in [0.2, 0.25) is 0 Å². The zero-order valence-corrected chi connectivity index (χ0v) is 12.0. The standard InChI is InChI=1S/C13H16N4O2S/c1-9-14-13(16-15-9)11-8-17(4-5-19-11)12(18)7-10-3-2-6-20-10/h2-3,6,11H,4-5,7-8H2,1H3,(H,14,15,16)/t11-/m1/s1. The molecule has 1 saturated heterocycles. The highest BCUT2D eigenvalue weighted by Gasteiger charge is 2.27. The molecular weight excluding hydrogens is 276 g/mol. The van der Waals surface area contributed by atoms with Crippen LogP contribution in [0.4, 0.5) is 0 Å². The number of carbonyl (C=O) groups is 1. The number of ether oxygens (including phenoxy) is 1. The van der Waals surface area contributed by atoms with Crippen molar-refractivity contribution in [1.82, 2.24) is 20.1 Å². The molecule has 1 N–H and O–H groups in total. The smallest absolute Gasteiger partial charge is 0.228 e. The van der Waals surface area contributed by atoms with Gasteiger partial charge in [-0.3, -0.25) is 9.89 Å². The lowest BCUT2D eigenvalue weighted by Gasteiger charge is -2.31. The second-order valence-electron chi connectivity index (χ2n) is 4.73. The molecule has 0 spiro atoms. The fourth-order valence-electron chi connectivity index (χ4n) is 2.21. The quantitative estimate of drug-likeness (QED) is 0.926. The molecule has 1 amide bonds. The SMILES string of the molecule is Cc1nc([C@H]2CN(C(=O)Cc3cccs3)CCO2)n[nH]1. The molecule has 6 nitrogen and oxygen atoms in total. The topological polar surface area (TPSA) is 71.1 Å². The number of carbonyl (C=O) groups excluding carboxylic acids is 1. The zero-order chi connectivity index (χ0) is 13.9. The third-order valence-corrected chi connectivity index (χ3v) is 4.10. The zero-order valence-electron chi connectivity index (χ0n) is 11.2. The molecule has 106 valence electrons. The second kappa shape index (κ2) is 5.72. The molecule has 1 aliphatic heterocycles. The lowest BCUT2D eigenvalue weighted by Crippen LogP contribution is -2.43. The van der Waals surface area contributed by atoms with E-state index in [0.29, 0.717) is 31.9 Å². The number of hydrogen-bond acceptors (Lipinski definition) is 5. The maximum Gasteiger partial charge on any atom is 0.228 e. The van der Waals surface area contributed by atoms with Gasteiger partial charge in [0.15, 0.2) is 5.82 Å². The van der Waals surface area contributed by atoms with Crippen molar-refractivity contribution in [1.29, 1.82) is 0 Å². The second-order valence-corrected chi connectivity index (χ2v) is 5.77. The first kappa shape index (κ1) is 13.3. The van der Waals surface area contributed by atoms with Crippen molar-refractivity contribution in [3.8, 4) is 0 Å². The Labute approximate surface area is 120 Å². The Bertz CT molecular complexity index is 581. The maximum atomic E-state index is 12.3. The molecule has 0 aromatic carbocycles. The van der Waals surface area contributed by atoms with E-state index in [4.69, 9.17) is 4.74 Å². The van der Waals surface area contributed by atoms with E-state index < -0.39 is 0 Å². The summed E-state index contributed by atoms with van der Waals surface area (Å²) in [6, 6.07) is 3.95. The normalized spacial score (nSPS) is 19.2. The predicted octanol–water partition coefficient (Wildman–Crippen LogP) is 1.32. The highest BCUT2D eigenvalue weighted by molar-refractivity contribution is 7.10. The van der Waals surface area contributed by atoms with E-state index in [2.05, 4.69) is 15.2 Å². The van der Waals surface area contributed by atoms with Gasteiger partial charge in [-0.05, 0) is 18.4 Å². The highest BCUT2D eigenvalue weighted by Crippen LogP contribution is 2.20. The Morgan fingerprint density at radius 2 is 2.55 bits per heavy atom. The van der Waals surface area contributed by atoms with Crippen LogP contribution in [-0.2, 0) is 16.0 Å². The van der Waals surface area contributed by atoms with E-state index >= 15 is 0 Å². The predicted molar refractivity (Wildman–Crippen MR) is 74.4 cm³/mol. The molecule has 0 saturated carbocycles. The summed E-state index contributed by atoms with van der Waals surface area (Å²) in [5.41, 5.74) is 0. The molecule has 0 aliphatic carbocycles. The van der Waals surface area contributed by atoms with Gasteiger partial charge in [0.1, 0.15) is 11.9 Å². The Hall–Kier alpha value is -1.73. The van der Waals surface area contributed by atoms with Gasteiger partial charge < -0.3 is 9.64 Å². The Morgan fingerprint density at radius 3 is 3.25 bits per heavy atom. The minimum Gasteiger partial charge on any atom is -0.366 e. The fourth-order valence-corrected chi connectivity index (χ4v) is 2.91. The third kappa shape index (κ3) is 2.88. The van der Waals surface area contributed by atoms with E-state index in [0.717, 1.165) is 10.7 Å². The van der Waals surface area contributed by atoms with Gasteiger partial charge in [-0.15, -0.1) is 11.3 Å². The Balaban J connectivity index is 1.64. The summed E-state index contributed by atoms with van der Waals surface area (Å²) in [5.74, 6) is 1.51. The molecule has 1 fully saturated rings. The average Bonchev–Trinajstić information content (AvgIpc) is 3.10. The van der Waals surface area contributed by atoms with Gasteiger partial charge in [-0.2, -0.15) is 5.10 Å². The molecule has 7 heteroatoms. The van der Waals surface area contributed by atoms with Crippen LogP contribution < -0.4 is 0 Å². The van der Waals surface area contributed by atoms with Crippen molar-refractivity contribution in [2.45, 2.75) is 19.4 Å². The lowest BCUT2D eigenvalue weighted by atomic mass is 10.2. The van der Waals surface area contributed by atoms with Gasteiger partial charge in [-0.1, -0.05) is 6.07 Å². The van der Waals surface area contributed by atoms with E-state index in [-0.39, 0.29) is 12.0 Å². The summed E-state index contributed by atoms with van der Waals surface area (Å²) in [7, 11) is 0. The minimum atomic E-state index is -0.235. The number of morpholine rings is 1. The molecule has 20 heavy (non-hydrogen) atoms. The third-order valence-electron chi connectivity index (χ3n) is 3.23. The van der Waals surface area contributed by atoms with Gasteiger partial charge in [-0.25, -0.2) is 4.98 Å². The largest absolute Gasteiger partial charge is 0.366 e. The van der Waals surface area contributed by atoms with Gasteiger partial charge >= 0.3 is 0 Å². The average molecular weight is 292 g/mol. The molecule has 2 aromatic heterocycles. The number of hydrogen-bond donors (Lipinski definition) is 1. The van der Waals surface area contributed by atoms with Crippen LogP contribution in [0.5, 0.6) is 0 Å². The van der Waals surface area contributed by atoms with Crippen LogP contribution >= 0.6 is 11.3 Å². The van der Waals surface area contributed by atoms with E-state index in [1.165, 1.54) is 0 Å². The first-order chi connectivity index (χ1) is 9.72. The van der Waals surface area contributed by atoms with Crippen LogP contribution in [0.25, 0.3) is 0 Å². The Kier molecular flexibility index (Phi) is 3.79. The number of nitrogens with one attached hydrogen (secondary N) is 1. The summed E-state index contributed by atoms with van der Waals surface area (Å²) in [5, 5.41) is 8.90. The number of aromatic nitrogens is 3. The van der Waals surface area contributed by atoms with Crippen LogP contribution in [0.1, 0.15) is 22.6 Å². The van der Waals surface area contributed by atoms with E-state index in [1.807, 2.05) is 29.3 Å². The van der Waals surface area contributed by atoms with E-state index in [9.17, 15) is 4.79 Å². The van der Waals surface area contributed by atoms with Crippen molar-refractivity contribution in [2.24, 2.45) is 0 Å². The summed E-state index contributed by atoms with van der Waals surface area (Å²) >= 11 is 1.61. The molecule has 0 radical (unpaired) electrons. The number of aromatic amines is 1. The first-order valence-electron chi connectivity index (χ1n) is 6.53.